The summed E-state index contributed by atoms with van der Waals surface area (Å²) >= 11 is 6.07. The first-order chi connectivity index (χ1) is 15.3. The van der Waals surface area contributed by atoms with Gasteiger partial charge in [-0.15, -0.1) is 0 Å². The van der Waals surface area contributed by atoms with Gasteiger partial charge in [0.2, 0.25) is 5.91 Å². The van der Waals surface area contributed by atoms with Gasteiger partial charge in [-0.1, -0.05) is 74.0 Å². The van der Waals surface area contributed by atoms with Crippen molar-refractivity contribution in [3.8, 4) is 11.1 Å². The number of hydrogen-bond donors (Lipinski definition) is 1. The van der Waals surface area contributed by atoms with Gasteiger partial charge in [0.05, 0.1) is 6.42 Å². The molecule has 0 bridgehead atoms. The predicted molar refractivity (Wildman–Crippen MR) is 136 cm³/mol. The number of nitrogens with one attached hydrogen (secondary N) is 1. The van der Waals surface area contributed by atoms with E-state index in [-0.39, 0.29) is 5.91 Å². The van der Waals surface area contributed by atoms with Crippen LogP contribution in [-0.2, 0) is 11.2 Å². The average molecular weight is 444 g/mol. The number of rotatable bonds is 5. The van der Waals surface area contributed by atoms with Crippen LogP contribution in [0.15, 0.2) is 72.8 Å². The molecule has 0 heterocycles. The molecular weight excluding hydrogens is 414 g/mol. The second kappa shape index (κ2) is 9.34. The summed E-state index contributed by atoms with van der Waals surface area (Å²) in [5.74, 6) is -0.00340. The number of benzene rings is 3. The van der Waals surface area contributed by atoms with E-state index in [0.29, 0.717) is 11.8 Å². The van der Waals surface area contributed by atoms with E-state index in [0.717, 1.165) is 45.8 Å². The zero-order valence-corrected chi connectivity index (χ0v) is 19.8. The molecule has 0 unspecified atom stereocenters. The molecule has 0 fully saturated rings. The van der Waals surface area contributed by atoms with Crippen LogP contribution in [-0.4, -0.2) is 5.91 Å². The van der Waals surface area contributed by atoms with Crippen LogP contribution in [0, 0.1) is 12.3 Å². The molecule has 164 valence electrons. The predicted octanol–water partition coefficient (Wildman–Crippen LogP) is 8.09. The average Bonchev–Trinajstić information content (AvgIpc) is 2.75. The molecule has 0 aromatic heterocycles. The number of carbonyl (C=O) groups excluding carboxylic acids is 1. The van der Waals surface area contributed by atoms with E-state index < -0.39 is 0 Å². The maximum absolute atomic E-state index is 12.7. The highest BCUT2D eigenvalue weighted by molar-refractivity contribution is 6.30. The highest BCUT2D eigenvalue weighted by Gasteiger charge is 2.22. The van der Waals surface area contributed by atoms with Gasteiger partial charge in [0.25, 0.3) is 0 Å². The standard InChI is InChI=1S/C29H30ClNO/c1-20-17-25(30)9-12-27(20)23-7-10-26(11-8-23)31-28(32)19-21-5-4-6-24(18-21)22-13-15-29(2,3)16-14-22/h4-13,17-18H,14-16,19H2,1-3H3,(H,31,32). The lowest BCUT2D eigenvalue weighted by atomic mass is 9.77. The Morgan fingerprint density at radius 2 is 1.78 bits per heavy atom. The van der Waals surface area contributed by atoms with Crippen molar-refractivity contribution in [3.05, 3.63) is 94.5 Å². The number of hydrogen-bond acceptors (Lipinski definition) is 1. The van der Waals surface area contributed by atoms with Gasteiger partial charge in [0, 0.05) is 10.7 Å². The van der Waals surface area contributed by atoms with E-state index in [1.807, 2.05) is 48.5 Å². The second-order valence-electron chi connectivity index (χ2n) is 9.56. The minimum absolute atomic E-state index is 0.00340. The van der Waals surface area contributed by atoms with Crippen molar-refractivity contribution in [2.75, 3.05) is 5.32 Å². The van der Waals surface area contributed by atoms with Crippen LogP contribution in [0.2, 0.25) is 5.02 Å². The van der Waals surface area contributed by atoms with Gasteiger partial charge in [-0.05, 0) is 89.3 Å². The van der Waals surface area contributed by atoms with Crippen molar-refractivity contribution in [3.63, 3.8) is 0 Å². The molecule has 3 heteroatoms. The molecule has 2 nitrogen and oxygen atoms in total. The SMILES string of the molecule is Cc1cc(Cl)ccc1-c1ccc(NC(=O)Cc2cccc(C3=CCC(C)(C)CC3)c2)cc1. The molecule has 3 aromatic carbocycles. The lowest BCUT2D eigenvalue weighted by Crippen LogP contribution is -2.15. The van der Waals surface area contributed by atoms with Gasteiger partial charge in [0.1, 0.15) is 0 Å². The van der Waals surface area contributed by atoms with E-state index in [2.05, 4.69) is 50.4 Å². The Labute approximate surface area is 196 Å². The normalized spacial score (nSPS) is 15.2. The molecule has 1 aliphatic carbocycles. The summed E-state index contributed by atoms with van der Waals surface area (Å²) < 4.78 is 0. The van der Waals surface area contributed by atoms with Crippen molar-refractivity contribution in [1.82, 2.24) is 0 Å². The highest BCUT2D eigenvalue weighted by Crippen LogP contribution is 2.38. The second-order valence-corrected chi connectivity index (χ2v) is 10.00. The van der Waals surface area contributed by atoms with Gasteiger partial charge in [0.15, 0.2) is 0 Å². The molecule has 32 heavy (non-hydrogen) atoms. The molecule has 0 saturated heterocycles. The van der Waals surface area contributed by atoms with Crippen molar-refractivity contribution in [2.45, 2.75) is 46.5 Å². The number of aryl methyl sites for hydroxylation is 1. The fourth-order valence-corrected chi connectivity index (χ4v) is 4.52. The fourth-order valence-electron chi connectivity index (χ4n) is 4.29. The molecule has 0 radical (unpaired) electrons. The maximum Gasteiger partial charge on any atom is 0.228 e. The lowest BCUT2D eigenvalue weighted by molar-refractivity contribution is -0.115. The Morgan fingerprint density at radius 1 is 1.00 bits per heavy atom. The summed E-state index contributed by atoms with van der Waals surface area (Å²) in [5, 5.41) is 3.77. The van der Waals surface area contributed by atoms with Crippen LogP contribution in [0.3, 0.4) is 0 Å². The Hall–Kier alpha value is -2.84. The van der Waals surface area contributed by atoms with Crippen LogP contribution >= 0.6 is 11.6 Å². The zero-order chi connectivity index (χ0) is 22.7. The van der Waals surface area contributed by atoms with E-state index in [1.54, 1.807) is 0 Å². The summed E-state index contributed by atoms with van der Waals surface area (Å²) in [6.07, 6.45) is 6.15. The quantitative estimate of drug-likeness (QED) is 0.424. The van der Waals surface area contributed by atoms with Crippen LogP contribution in [0.5, 0.6) is 0 Å². The van der Waals surface area contributed by atoms with Crippen LogP contribution in [0.1, 0.15) is 49.8 Å². The summed E-state index contributed by atoms with van der Waals surface area (Å²) in [5.41, 5.74) is 8.26. The van der Waals surface area contributed by atoms with Crippen LogP contribution in [0.4, 0.5) is 5.69 Å². The van der Waals surface area contributed by atoms with E-state index in [4.69, 9.17) is 11.6 Å². The summed E-state index contributed by atoms with van der Waals surface area (Å²) in [6.45, 7) is 6.70. The molecule has 1 aliphatic rings. The van der Waals surface area contributed by atoms with Gasteiger partial charge in [-0.25, -0.2) is 0 Å². The van der Waals surface area contributed by atoms with E-state index >= 15 is 0 Å². The third-order valence-electron chi connectivity index (χ3n) is 6.30. The summed E-state index contributed by atoms with van der Waals surface area (Å²) in [6, 6.07) is 22.3. The highest BCUT2D eigenvalue weighted by atomic mass is 35.5. The van der Waals surface area contributed by atoms with E-state index in [9.17, 15) is 4.79 Å². The third-order valence-corrected chi connectivity index (χ3v) is 6.54. The van der Waals surface area contributed by atoms with Crippen molar-refractivity contribution in [1.29, 1.82) is 0 Å². The van der Waals surface area contributed by atoms with Gasteiger partial charge < -0.3 is 5.32 Å². The smallest absolute Gasteiger partial charge is 0.228 e. The summed E-state index contributed by atoms with van der Waals surface area (Å²) in [4.78, 5) is 12.7. The topological polar surface area (TPSA) is 29.1 Å². The number of carbonyl (C=O) groups is 1. The Balaban J connectivity index is 1.40. The monoisotopic (exact) mass is 443 g/mol. The molecule has 3 aromatic rings. The van der Waals surface area contributed by atoms with Crippen molar-refractivity contribution < 1.29 is 4.79 Å². The minimum Gasteiger partial charge on any atom is -0.326 e. The maximum atomic E-state index is 12.7. The first kappa shape index (κ1) is 22.4. The number of amides is 1. The largest absolute Gasteiger partial charge is 0.326 e. The number of allylic oxidation sites excluding steroid dienone is 2. The zero-order valence-electron chi connectivity index (χ0n) is 19.0. The molecule has 0 aliphatic heterocycles. The van der Waals surface area contributed by atoms with Crippen molar-refractivity contribution in [2.24, 2.45) is 5.41 Å². The van der Waals surface area contributed by atoms with Gasteiger partial charge in [-0.2, -0.15) is 0 Å². The molecule has 0 saturated carbocycles. The molecule has 0 spiro atoms. The molecule has 4 rings (SSSR count). The first-order valence-corrected chi connectivity index (χ1v) is 11.6. The molecule has 0 atom stereocenters. The van der Waals surface area contributed by atoms with Gasteiger partial charge in [-0.3, -0.25) is 4.79 Å². The molecular formula is C29H30ClNO. The summed E-state index contributed by atoms with van der Waals surface area (Å²) in [7, 11) is 0. The van der Waals surface area contributed by atoms with Crippen molar-refractivity contribution >= 4 is 28.8 Å². The Bertz CT molecular complexity index is 1160. The lowest BCUT2D eigenvalue weighted by Gasteiger charge is -2.28. The van der Waals surface area contributed by atoms with Crippen LogP contribution in [0.25, 0.3) is 16.7 Å². The van der Waals surface area contributed by atoms with Gasteiger partial charge >= 0.3 is 0 Å². The van der Waals surface area contributed by atoms with Crippen LogP contribution < -0.4 is 5.32 Å². The van der Waals surface area contributed by atoms with E-state index in [1.165, 1.54) is 17.6 Å². The number of anilines is 1. The fraction of sp³-hybridized carbons (Fsp3) is 0.276. The minimum atomic E-state index is -0.00340. The third kappa shape index (κ3) is 5.49. The molecule has 1 N–H and O–H groups in total. The number of halogens is 1. The first-order valence-electron chi connectivity index (χ1n) is 11.2. The Kier molecular flexibility index (Phi) is 6.53. The Morgan fingerprint density at radius 3 is 2.47 bits per heavy atom. The molecule has 1 amide bonds.